The van der Waals surface area contributed by atoms with Crippen LogP contribution >= 0.6 is 11.3 Å². The zero-order valence-electron chi connectivity index (χ0n) is 15.9. The Balaban J connectivity index is 1.62. The molecule has 140 valence electrons. The van der Waals surface area contributed by atoms with Crippen LogP contribution in [-0.2, 0) is 15.1 Å². The zero-order chi connectivity index (χ0) is 18.6. The van der Waals surface area contributed by atoms with E-state index in [1.165, 1.54) is 24.8 Å². The minimum absolute atomic E-state index is 0.00654. The predicted octanol–water partition coefficient (Wildman–Crippen LogP) is 5.94. The minimum atomic E-state index is -0.601. The highest BCUT2D eigenvalue weighted by Gasteiger charge is 2.45. The number of hydrogen-bond acceptors (Lipinski definition) is 5. The molecule has 0 bridgehead atoms. The number of carbonyl (C=O) groups excluding carboxylic acids is 1. The molecule has 1 N–H and O–H groups in total. The average molecular weight is 373 g/mol. The number of unbranched alkanes of at least 4 members (excludes halogenated alkanes) is 3. The molecule has 26 heavy (non-hydrogen) atoms. The molecule has 2 aromatic rings. The van der Waals surface area contributed by atoms with Gasteiger partial charge < -0.3 is 10.1 Å². The number of thiazole rings is 1. The Hall–Kier alpha value is -1.88. The Morgan fingerprint density at radius 1 is 1.27 bits per heavy atom. The lowest BCUT2D eigenvalue weighted by Gasteiger charge is -2.20. The minimum Gasteiger partial charge on any atom is -0.453 e. The van der Waals surface area contributed by atoms with Gasteiger partial charge >= 0.3 is 5.97 Å². The van der Waals surface area contributed by atoms with Gasteiger partial charge in [0.25, 0.3) is 0 Å². The average Bonchev–Trinajstić information content (AvgIpc) is 3.19. The van der Waals surface area contributed by atoms with Gasteiger partial charge in [0.1, 0.15) is 0 Å². The Morgan fingerprint density at radius 3 is 2.77 bits per heavy atom. The first kappa shape index (κ1) is 18.9. The molecule has 1 aliphatic heterocycles. The van der Waals surface area contributed by atoms with Gasteiger partial charge in [0.15, 0.2) is 10.7 Å². The van der Waals surface area contributed by atoms with Gasteiger partial charge in [-0.25, -0.2) is 4.98 Å². The van der Waals surface area contributed by atoms with Crippen molar-refractivity contribution in [2.24, 2.45) is 5.92 Å². The van der Waals surface area contributed by atoms with E-state index in [1.807, 2.05) is 24.4 Å². The molecule has 0 saturated carbocycles. The lowest BCUT2D eigenvalue weighted by Crippen LogP contribution is -2.21. The maximum Gasteiger partial charge on any atom is 0.310 e. The summed E-state index contributed by atoms with van der Waals surface area (Å²) in [5, 5.41) is 6.16. The molecule has 0 unspecified atom stereocenters. The quantitative estimate of drug-likeness (QED) is 0.460. The number of nitrogens with one attached hydrogen (secondary N) is 1. The molecular weight excluding hydrogens is 344 g/mol. The van der Waals surface area contributed by atoms with Gasteiger partial charge in [-0.1, -0.05) is 50.3 Å². The van der Waals surface area contributed by atoms with Crippen molar-refractivity contribution in [3.8, 4) is 0 Å². The van der Waals surface area contributed by atoms with Crippen LogP contribution < -0.4 is 5.32 Å². The van der Waals surface area contributed by atoms with Gasteiger partial charge in [-0.05, 0) is 32.4 Å². The number of cyclic esters (lactones) is 1. The van der Waals surface area contributed by atoms with Crippen molar-refractivity contribution >= 4 is 28.1 Å². The summed E-state index contributed by atoms with van der Waals surface area (Å²) < 4.78 is 5.76. The van der Waals surface area contributed by atoms with Gasteiger partial charge in [-0.2, -0.15) is 0 Å². The fourth-order valence-corrected chi connectivity index (χ4v) is 4.28. The highest BCUT2D eigenvalue weighted by Crippen LogP contribution is 2.42. The number of aryl methyl sites for hydroxylation is 1. The van der Waals surface area contributed by atoms with E-state index in [0.717, 1.165) is 35.8 Å². The number of ether oxygens (including phenoxy) is 1. The molecule has 0 aliphatic carbocycles. The number of rotatable bonds is 8. The van der Waals surface area contributed by atoms with Crippen LogP contribution in [0, 0.1) is 12.8 Å². The van der Waals surface area contributed by atoms with E-state index in [-0.39, 0.29) is 11.9 Å². The highest BCUT2D eigenvalue weighted by molar-refractivity contribution is 7.13. The van der Waals surface area contributed by atoms with E-state index < -0.39 is 5.60 Å². The third-order valence-electron chi connectivity index (χ3n) is 5.05. The SMILES string of the molecule is CCCCCC[C@@H]1C[C@@](C)(c2csc(Nc3ccc(C)cc3)n2)OC1=O. The number of esters is 1. The van der Waals surface area contributed by atoms with Gasteiger partial charge in [0.05, 0.1) is 11.6 Å². The van der Waals surface area contributed by atoms with Crippen LogP contribution in [0.15, 0.2) is 29.6 Å². The standard InChI is InChI=1S/C21H28N2O2S/c1-4-5-6-7-8-16-13-21(3,25-19(16)24)18-14-26-20(23-18)22-17-11-9-15(2)10-12-17/h9-12,14,16H,4-8,13H2,1-3H3,(H,22,23)/t16-,21+/m1/s1. The van der Waals surface area contributed by atoms with Crippen molar-refractivity contribution in [2.75, 3.05) is 5.32 Å². The molecule has 1 aliphatic rings. The lowest BCUT2D eigenvalue weighted by molar-refractivity contribution is -0.150. The van der Waals surface area contributed by atoms with E-state index in [2.05, 4.69) is 31.3 Å². The second-order valence-electron chi connectivity index (χ2n) is 7.43. The second-order valence-corrected chi connectivity index (χ2v) is 8.29. The van der Waals surface area contributed by atoms with Crippen molar-refractivity contribution in [3.63, 3.8) is 0 Å². The molecule has 0 amide bonds. The molecule has 1 aromatic heterocycles. The Bertz CT molecular complexity index is 741. The molecule has 1 fully saturated rings. The van der Waals surface area contributed by atoms with Crippen LogP contribution in [0.4, 0.5) is 10.8 Å². The lowest BCUT2D eigenvalue weighted by atomic mass is 9.90. The monoisotopic (exact) mass is 372 g/mol. The van der Waals surface area contributed by atoms with Gasteiger partial charge in [-0.3, -0.25) is 4.79 Å². The third kappa shape index (κ3) is 4.44. The molecule has 1 saturated heterocycles. The largest absolute Gasteiger partial charge is 0.453 e. The number of nitrogens with zero attached hydrogens (tertiary/aromatic N) is 1. The van der Waals surface area contributed by atoms with E-state index >= 15 is 0 Å². The van der Waals surface area contributed by atoms with Crippen molar-refractivity contribution in [1.29, 1.82) is 0 Å². The molecule has 0 radical (unpaired) electrons. The first-order valence-electron chi connectivity index (χ1n) is 9.53. The van der Waals surface area contributed by atoms with Gasteiger partial charge in [0, 0.05) is 17.5 Å². The molecule has 0 spiro atoms. The second kappa shape index (κ2) is 8.21. The van der Waals surface area contributed by atoms with Crippen molar-refractivity contribution in [2.45, 2.75) is 64.9 Å². The number of benzene rings is 1. The summed E-state index contributed by atoms with van der Waals surface area (Å²) in [5.41, 5.74) is 2.49. The maximum atomic E-state index is 12.3. The van der Waals surface area contributed by atoms with Crippen molar-refractivity contribution < 1.29 is 9.53 Å². The molecule has 5 heteroatoms. The number of carbonyl (C=O) groups is 1. The summed E-state index contributed by atoms with van der Waals surface area (Å²) in [7, 11) is 0. The summed E-state index contributed by atoms with van der Waals surface area (Å²) in [6.07, 6.45) is 6.39. The Kier molecular flexibility index (Phi) is 5.97. The highest BCUT2D eigenvalue weighted by atomic mass is 32.1. The third-order valence-corrected chi connectivity index (χ3v) is 5.81. The van der Waals surface area contributed by atoms with Crippen LogP contribution in [0.5, 0.6) is 0 Å². The van der Waals surface area contributed by atoms with E-state index in [0.29, 0.717) is 0 Å². The number of anilines is 2. The van der Waals surface area contributed by atoms with Gasteiger partial charge in [-0.15, -0.1) is 11.3 Å². The summed E-state index contributed by atoms with van der Waals surface area (Å²) >= 11 is 1.55. The number of hydrogen-bond donors (Lipinski definition) is 1. The summed E-state index contributed by atoms with van der Waals surface area (Å²) in [6.45, 7) is 6.26. The van der Waals surface area contributed by atoms with Crippen LogP contribution in [0.1, 0.15) is 63.6 Å². The van der Waals surface area contributed by atoms with Crippen LogP contribution in [0.3, 0.4) is 0 Å². The van der Waals surface area contributed by atoms with E-state index in [1.54, 1.807) is 11.3 Å². The smallest absolute Gasteiger partial charge is 0.310 e. The topological polar surface area (TPSA) is 51.2 Å². The van der Waals surface area contributed by atoms with Crippen LogP contribution in [0.2, 0.25) is 0 Å². The number of aromatic nitrogens is 1. The van der Waals surface area contributed by atoms with Gasteiger partial charge in [0.2, 0.25) is 0 Å². The summed E-state index contributed by atoms with van der Waals surface area (Å²) in [6, 6.07) is 8.22. The first-order valence-corrected chi connectivity index (χ1v) is 10.4. The summed E-state index contributed by atoms with van der Waals surface area (Å²) in [4.78, 5) is 17.0. The molecule has 2 atom stereocenters. The van der Waals surface area contributed by atoms with Crippen molar-refractivity contribution in [3.05, 3.63) is 40.9 Å². The zero-order valence-corrected chi connectivity index (χ0v) is 16.7. The molecule has 2 heterocycles. The Labute approximate surface area is 160 Å². The Morgan fingerprint density at radius 2 is 2.04 bits per heavy atom. The normalized spacial score (nSPS) is 22.4. The van der Waals surface area contributed by atoms with Crippen LogP contribution in [-0.4, -0.2) is 11.0 Å². The fourth-order valence-electron chi connectivity index (χ4n) is 3.43. The summed E-state index contributed by atoms with van der Waals surface area (Å²) in [5.74, 6) is -0.0582. The molecular formula is C21H28N2O2S. The molecule has 1 aromatic carbocycles. The van der Waals surface area contributed by atoms with Crippen LogP contribution in [0.25, 0.3) is 0 Å². The van der Waals surface area contributed by atoms with E-state index in [9.17, 15) is 4.79 Å². The van der Waals surface area contributed by atoms with Crippen molar-refractivity contribution in [1.82, 2.24) is 4.98 Å². The van der Waals surface area contributed by atoms with E-state index in [4.69, 9.17) is 9.72 Å². The first-order chi connectivity index (χ1) is 12.5. The maximum absolute atomic E-state index is 12.3. The fraction of sp³-hybridized carbons (Fsp3) is 0.524. The molecule has 3 rings (SSSR count). The predicted molar refractivity (Wildman–Crippen MR) is 107 cm³/mol. The molecule has 4 nitrogen and oxygen atoms in total.